The molecule has 2 atom stereocenters. The summed E-state index contributed by atoms with van der Waals surface area (Å²) in [5.74, 6) is 1.02. The van der Waals surface area contributed by atoms with Crippen molar-refractivity contribution < 1.29 is 9.53 Å². The number of thiazole rings is 1. The molecule has 1 spiro atoms. The molecule has 4 rings (SSSR count). The van der Waals surface area contributed by atoms with E-state index in [-0.39, 0.29) is 17.6 Å². The molecule has 158 valence electrons. The van der Waals surface area contributed by atoms with E-state index in [1.807, 2.05) is 6.92 Å². The van der Waals surface area contributed by atoms with E-state index in [1.54, 1.807) is 5.51 Å². The predicted octanol–water partition coefficient (Wildman–Crippen LogP) is 2.99. The Balaban J connectivity index is 1.48. The van der Waals surface area contributed by atoms with Crippen LogP contribution in [0.3, 0.4) is 0 Å². The molecule has 0 unspecified atom stereocenters. The average Bonchev–Trinajstić information content (AvgIpc) is 3.29. The van der Waals surface area contributed by atoms with E-state index in [2.05, 4.69) is 34.0 Å². The van der Waals surface area contributed by atoms with Crippen molar-refractivity contribution in [2.24, 2.45) is 0 Å². The zero-order valence-corrected chi connectivity index (χ0v) is 18.4. The van der Waals surface area contributed by atoms with E-state index in [0.717, 1.165) is 74.6 Å². The van der Waals surface area contributed by atoms with Crippen LogP contribution in [0, 0.1) is 13.8 Å². The number of aromatic amines is 1. The smallest absolute Gasteiger partial charge is 0.263 e. The number of aryl methyl sites for hydroxylation is 3. The van der Waals surface area contributed by atoms with Gasteiger partial charge in [-0.2, -0.15) is 0 Å². The summed E-state index contributed by atoms with van der Waals surface area (Å²) in [4.78, 5) is 28.3. The zero-order chi connectivity index (χ0) is 20.4. The predicted molar refractivity (Wildman–Crippen MR) is 113 cm³/mol. The van der Waals surface area contributed by atoms with Crippen molar-refractivity contribution in [1.29, 1.82) is 0 Å². The van der Waals surface area contributed by atoms with Gasteiger partial charge in [-0.25, -0.2) is 9.97 Å². The molecule has 1 saturated heterocycles. The number of nitrogens with zero attached hydrogens (tertiary/aromatic N) is 3. The highest BCUT2D eigenvalue weighted by molar-refractivity contribution is 7.11. The lowest BCUT2D eigenvalue weighted by Gasteiger charge is -2.49. The summed E-state index contributed by atoms with van der Waals surface area (Å²) in [7, 11) is 0. The van der Waals surface area contributed by atoms with Gasteiger partial charge in [-0.3, -0.25) is 9.69 Å². The van der Waals surface area contributed by atoms with Crippen LogP contribution >= 0.6 is 11.3 Å². The van der Waals surface area contributed by atoms with Crippen molar-refractivity contribution >= 4 is 17.2 Å². The minimum atomic E-state index is -0.317. The van der Waals surface area contributed by atoms with Gasteiger partial charge in [0, 0.05) is 31.7 Å². The number of aromatic nitrogens is 3. The lowest BCUT2D eigenvalue weighted by molar-refractivity contribution is -0.143. The Morgan fingerprint density at radius 2 is 2.31 bits per heavy atom. The molecule has 29 heavy (non-hydrogen) atoms. The second-order valence-corrected chi connectivity index (χ2v) is 9.13. The maximum Gasteiger partial charge on any atom is 0.263 e. The minimum absolute atomic E-state index is 0.0206. The van der Waals surface area contributed by atoms with Gasteiger partial charge in [0.25, 0.3) is 5.91 Å². The summed E-state index contributed by atoms with van der Waals surface area (Å²) in [6, 6.07) is 0.0273. The first-order valence-electron chi connectivity index (χ1n) is 10.6. The number of H-pyrrole nitrogens is 1. The van der Waals surface area contributed by atoms with Crippen LogP contribution < -0.4 is 5.32 Å². The van der Waals surface area contributed by atoms with Crippen molar-refractivity contribution in [2.75, 3.05) is 19.7 Å². The molecule has 0 radical (unpaired) electrons. The van der Waals surface area contributed by atoms with Crippen LogP contribution in [0.5, 0.6) is 0 Å². The molecule has 1 amide bonds. The van der Waals surface area contributed by atoms with Gasteiger partial charge < -0.3 is 15.0 Å². The Morgan fingerprint density at radius 1 is 1.45 bits per heavy atom. The summed E-state index contributed by atoms with van der Waals surface area (Å²) in [6.45, 7) is 9.33. The molecule has 0 bridgehead atoms. The first-order chi connectivity index (χ1) is 14.0. The number of morpholine rings is 1. The number of hydrogen-bond donors (Lipinski definition) is 2. The summed E-state index contributed by atoms with van der Waals surface area (Å²) < 4.78 is 6.40. The molecule has 2 aliphatic rings. The Morgan fingerprint density at radius 3 is 3.03 bits per heavy atom. The van der Waals surface area contributed by atoms with Crippen LogP contribution in [-0.4, -0.2) is 57.1 Å². The first-order valence-corrected chi connectivity index (χ1v) is 11.5. The van der Waals surface area contributed by atoms with E-state index in [1.165, 1.54) is 11.3 Å². The van der Waals surface area contributed by atoms with Crippen LogP contribution in [0.2, 0.25) is 0 Å². The average molecular weight is 418 g/mol. The quantitative estimate of drug-likeness (QED) is 0.781. The fraction of sp³-hybridized carbons (Fsp3) is 0.667. The van der Waals surface area contributed by atoms with E-state index < -0.39 is 0 Å². The van der Waals surface area contributed by atoms with E-state index in [4.69, 9.17) is 9.72 Å². The molecule has 2 fully saturated rings. The highest BCUT2D eigenvalue weighted by Gasteiger charge is 2.46. The number of nitrogens with one attached hydrogen (secondary N) is 2. The standard InChI is InChI=1S/C21H31N5O2S/c1-4-18-23-14(2)16(24-18)11-26-9-10-28-21(12-26)8-6-5-7-17(21)25-20(27)19-15(3)22-13-29-19/h13,17H,4-12H2,1-3H3,(H,23,24)(H,25,27)/t17-,21-/m1/s1. The largest absolute Gasteiger partial charge is 0.370 e. The van der Waals surface area contributed by atoms with Gasteiger partial charge in [0.2, 0.25) is 0 Å². The van der Waals surface area contributed by atoms with Crippen LogP contribution in [0.15, 0.2) is 5.51 Å². The maximum absolute atomic E-state index is 12.8. The number of hydrogen-bond acceptors (Lipinski definition) is 6. The van der Waals surface area contributed by atoms with Crippen molar-refractivity contribution in [2.45, 2.75) is 71.1 Å². The number of carbonyl (C=O) groups is 1. The number of imidazole rings is 1. The molecular formula is C21H31N5O2S. The van der Waals surface area contributed by atoms with Crippen molar-refractivity contribution in [1.82, 2.24) is 25.2 Å². The third kappa shape index (κ3) is 4.25. The molecule has 2 aromatic heterocycles. The first kappa shape index (κ1) is 20.5. The molecule has 1 aliphatic carbocycles. The molecular weight excluding hydrogens is 386 g/mol. The van der Waals surface area contributed by atoms with Crippen molar-refractivity contribution in [3.05, 3.63) is 33.3 Å². The Hall–Kier alpha value is -1.77. The molecule has 1 aliphatic heterocycles. The fourth-order valence-electron chi connectivity index (χ4n) is 4.63. The third-order valence-electron chi connectivity index (χ3n) is 6.27. The van der Waals surface area contributed by atoms with Gasteiger partial charge in [-0.1, -0.05) is 19.8 Å². The maximum atomic E-state index is 12.8. The fourth-order valence-corrected chi connectivity index (χ4v) is 5.34. The van der Waals surface area contributed by atoms with Crippen molar-refractivity contribution in [3.8, 4) is 0 Å². The van der Waals surface area contributed by atoms with E-state index in [9.17, 15) is 4.79 Å². The third-order valence-corrected chi connectivity index (χ3v) is 7.19. The Bertz CT molecular complexity index is 859. The highest BCUT2D eigenvalue weighted by Crippen LogP contribution is 2.35. The van der Waals surface area contributed by atoms with Gasteiger partial charge in [0.1, 0.15) is 16.3 Å². The lowest BCUT2D eigenvalue weighted by atomic mass is 9.78. The molecule has 7 nitrogen and oxygen atoms in total. The highest BCUT2D eigenvalue weighted by atomic mass is 32.1. The lowest BCUT2D eigenvalue weighted by Crippen LogP contribution is -2.63. The molecule has 0 aromatic carbocycles. The SMILES string of the molecule is CCc1nc(CN2CCO[C@]3(CCCC[C@H]3NC(=O)c3scnc3C)C2)c(C)[nH]1. The number of rotatable bonds is 5. The number of carbonyl (C=O) groups excluding carboxylic acids is 1. The van der Waals surface area contributed by atoms with Crippen LogP contribution in [0.1, 0.15) is 65.2 Å². The van der Waals surface area contributed by atoms with Gasteiger partial charge in [-0.05, 0) is 26.7 Å². The normalized spacial score (nSPS) is 25.4. The molecule has 2 N–H and O–H groups in total. The van der Waals surface area contributed by atoms with Crippen LogP contribution in [0.25, 0.3) is 0 Å². The number of amides is 1. The summed E-state index contributed by atoms with van der Waals surface area (Å²) in [6.07, 6.45) is 5.12. The topological polar surface area (TPSA) is 83.1 Å². The Kier molecular flexibility index (Phi) is 6.03. The van der Waals surface area contributed by atoms with E-state index >= 15 is 0 Å². The minimum Gasteiger partial charge on any atom is -0.370 e. The molecule has 8 heteroatoms. The van der Waals surface area contributed by atoms with Gasteiger partial charge in [-0.15, -0.1) is 11.3 Å². The Labute approximate surface area is 176 Å². The molecule has 2 aromatic rings. The second kappa shape index (κ2) is 8.53. The summed E-state index contributed by atoms with van der Waals surface area (Å²) in [5, 5.41) is 3.29. The van der Waals surface area contributed by atoms with Crippen LogP contribution in [-0.2, 0) is 17.7 Å². The molecule has 3 heterocycles. The van der Waals surface area contributed by atoms with Gasteiger partial charge >= 0.3 is 0 Å². The van der Waals surface area contributed by atoms with E-state index in [0.29, 0.717) is 11.5 Å². The van der Waals surface area contributed by atoms with Crippen molar-refractivity contribution in [3.63, 3.8) is 0 Å². The second-order valence-electron chi connectivity index (χ2n) is 8.27. The van der Waals surface area contributed by atoms with Gasteiger partial charge in [0.15, 0.2) is 0 Å². The zero-order valence-electron chi connectivity index (χ0n) is 17.6. The summed E-state index contributed by atoms with van der Waals surface area (Å²) >= 11 is 1.40. The summed E-state index contributed by atoms with van der Waals surface area (Å²) in [5.41, 5.74) is 4.48. The van der Waals surface area contributed by atoms with Gasteiger partial charge in [0.05, 0.1) is 29.5 Å². The number of ether oxygens (including phenoxy) is 1. The molecule has 1 saturated carbocycles. The monoisotopic (exact) mass is 417 g/mol. The van der Waals surface area contributed by atoms with Crippen LogP contribution in [0.4, 0.5) is 0 Å².